The summed E-state index contributed by atoms with van der Waals surface area (Å²) in [6.07, 6.45) is 2.95. The van der Waals surface area contributed by atoms with Gasteiger partial charge in [0.25, 0.3) is 5.89 Å². The van der Waals surface area contributed by atoms with Gasteiger partial charge in [-0.15, -0.1) is 10.2 Å². The molecule has 0 spiro atoms. The van der Waals surface area contributed by atoms with Gasteiger partial charge in [0.15, 0.2) is 0 Å². The van der Waals surface area contributed by atoms with Crippen LogP contribution in [0.5, 0.6) is 0 Å². The molecule has 1 N–H and O–H groups in total. The third kappa shape index (κ3) is 2.69. The second-order valence-corrected chi connectivity index (χ2v) is 5.07. The van der Waals surface area contributed by atoms with E-state index in [1.165, 1.54) is 0 Å². The lowest BCUT2D eigenvalue weighted by Crippen LogP contribution is -2.03. The van der Waals surface area contributed by atoms with Gasteiger partial charge in [0.05, 0.1) is 6.61 Å². The van der Waals surface area contributed by atoms with Crippen LogP contribution in [0.4, 0.5) is 0 Å². The monoisotopic (exact) mass is 285 g/mol. The van der Waals surface area contributed by atoms with Gasteiger partial charge >= 0.3 is 0 Å². The van der Waals surface area contributed by atoms with E-state index in [1.54, 1.807) is 0 Å². The van der Waals surface area contributed by atoms with Crippen molar-refractivity contribution < 1.29 is 9.52 Å². The smallest absolute Gasteiger partial charge is 0.264 e. The van der Waals surface area contributed by atoms with E-state index in [9.17, 15) is 5.11 Å². The van der Waals surface area contributed by atoms with Gasteiger partial charge in [0.1, 0.15) is 5.69 Å². The van der Waals surface area contributed by atoms with Gasteiger partial charge in [-0.05, 0) is 18.6 Å². The minimum Gasteiger partial charge on any atom is -0.419 e. The Bertz CT molecular complexity index is 730. The minimum atomic E-state index is 0.0719. The van der Waals surface area contributed by atoms with E-state index in [0.717, 1.165) is 35.9 Å². The number of aliphatic hydroxyl groups is 1. The zero-order valence-electron chi connectivity index (χ0n) is 12.1. The number of aryl methyl sites for hydroxylation is 1. The maximum absolute atomic E-state index is 9.30. The molecule has 0 aliphatic rings. The van der Waals surface area contributed by atoms with Crippen LogP contribution >= 0.6 is 0 Å². The van der Waals surface area contributed by atoms with Crippen LogP contribution in [0.1, 0.15) is 25.7 Å². The fourth-order valence-corrected chi connectivity index (χ4v) is 2.51. The molecular weight excluding hydrogens is 266 g/mol. The normalized spacial score (nSPS) is 11.3. The maximum atomic E-state index is 9.30. The minimum absolute atomic E-state index is 0.0719. The molecule has 5 heteroatoms. The molecule has 2 aromatic heterocycles. The number of unbranched alkanes of at least 4 members (excludes halogenated alkanes) is 1. The van der Waals surface area contributed by atoms with Crippen molar-refractivity contribution in [2.75, 3.05) is 6.61 Å². The Morgan fingerprint density at radius 1 is 1.24 bits per heavy atom. The molecule has 0 atom stereocenters. The van der Waals surface area contributed by atoms with E-state index in [2.05, 4.69) is 17.1 Å². The molecule has 3 aromatic rings. The Morgan fingerprint density at radius 3 is 2.90 bits per heavy atom. The van der Waals surface area contributed by atoms with Crippen LogP contribution in [0.25, 0.3) is 22.5 Å². The highest BCUT2D eigenvalue weighted by atomic mass is 16.4. The molecule has 0 radical (unpaired) electrons. The highest BCUT2D eigenvalue weighted by Gasteiger charge is 2.15. The number of hydrogen-bond acceptors (Lipinski definition) is 4. The zero-order valence-corrected chi connectivity index (χ0v) is 12.1. The number of hydrogen-bond donors (Lipinski definition) is 1. The van der Waals surface area contributed by atoms with Crippen molar-refractivity contribution in [1.82, 2.24) is 14.8 Å². The summed E-state index contributed by atoms with van der Waals surface area (Å²) in [6.45, 7) is 2.72. The average molecular weight is 285 g/mol. The molecule has 5 nitrogen and oxygen atoms in total. The van der Waals surface area contributed by atoms with E-state index in [1.807, 2.05) is 34.9 Å². The second-order valence-electron chi connectivity index (χ2n) is 5.07. The SMILES string of the molecule is CCCCc1nnc(-c2cc3ccccc3n2CCO)o1. The van der Waals surface area contributed by atoms with Crippen LogP contribution in [0, 0.1) is 0 Å². The molecule has 0 bridgehead atoms. The highest BCUT2D eigenvalue weighted by molar-refractivity contribution is 5.85. The molecular formula is C16H19N3O2. The fraction of sp³-hybridized carbons (Fsp3) is 0.375. The first-order valence-corrected chi connectivity index (χ1v) is 7.35. The Hall–Kier alpha value is -2.14. The average Bonchev–Trinajstić information content (AvgIpc) is 3.10. The van der Waals surface area contributed by atoms with E-state index in [-0.39, 0.29) is 6.61 Å². The summed E-state index contributed by atoms with van der Waals surface area (Å²) in [7, 11) is 0. The highest BCUT2D eigenvalue weighted by Crippen LogP contribution is 2.27. The summed E-state index contributed by atoms with van der Waals surface area (Å²) in [4.78, 5) is 0. The van der Waals surface area contributed by atoms with E-state index < -0.39 is 0 Å². The Balaban J connectivity index is 2.02. The third-order valence-corrected chi connectivity index (χ3v) is 3.56. The van der Waals surface area contributed by atoms with Gasteiger partial charge in [-0.1, -0.05) is 31.5 Å². The molecule has 0 fully saturated rings. The summed E-state index contributed by atoms with van der Waals surface area (Å²) < 4.78 is 7.78. The number of benzene rings is 1. The first-order valence-electron chi connectivity index (χ1n) is 7.35. The number of rotatable bonds is 6. The number of aliphatic hydroxyl groups excluding tert-OH is 1. The van der Waals surface area contributed by atoms with Crippen LogP contribution < -0.4 is 0 Å². The summed E-state index contributed by atoms with van der Waals surface area (Å²) in [5, 5.41) is 18.7. The molecule has 21 heavy (non-hydrogen) atoms. The quantitative estimate of drug-likeness (QED) is 0.756. The van der Waals surface area contributed by atoms with Crippen LogP contribution in [0.2, 0.25) is 0 Å². The number of para-hydroxylation sites is 1. The Labute approximate surface area is 123 Å². The molecule has 0 saturated heterocycles. The van der Waals surface area contributed by atoms with Gasteiger partial charge in [0, 0.05) is 23.9 Å². The Kier molecular flexibility index (Phi) is 4.01. The molecule has 110 valence electrons. The van der Waals surface area contributed by atoms with E-state index in [4.69, 9.17) is 4.42 Å². The van der Waals surface area contributed by atoms with E-state index >= 15 is 0 Å². The van der Waals surface area contributed by atoms with Gasteiger partial charge in [-0.2, -0.15) is 0 Å². The fourth-order valence-electron chi connectivity index (χ4n) is 2.51. The molecule has 3 rings (SSSR count). The van der Waals surface area contributed by atoms with Crippen LogP contribution in [0.15, 0.2) is 34.7 Å². The van der Waals surface area contributed by atoms with Crippen LogP contribution in [-0.2, 0) is 13.0 Å². The van der Waals surface area contributed by atoms with E-state index in [0.29, 0.717) is 18.3 Å². The van der Waals surface area contributed by atoms with Gasteiger partial charge in [0.2, 0.25) is 5.89 Å². The molecule has 0 saturated carbocycles. The summed E-state index contributed by atoms with van der Waals surface area (Å²) in [5.41, 5.74) is 1.93. The predicted octanol–water partition coefficient (Wildman–Crippen LogP) is 3.03. The lowest BCUT2D eigenvalue weighted by molar-refractivity contribution is 0.278. The zero-order chi connectivity index (χ0) is 14.7. The molecule has 0 amide bonds. The number of nitrogens with zero attached hydrogens (tertiary/aromatic N) is 3. The molecule has 1 aromatic carbocycles. The summed E-state index contributed by atoms with van der Waals surface area (Å²) in [5.74, 6) is 1.19. The lowest BCUT2D eigenvalue weighted by atomic mass is 10.2. The summed E-state index contributed by atoms with van der Waals surface area (Å²) >= 11 is 0. The Morgan fingerprint density at radius 2 is 2.10 bits per heavy atom. The van der Waals surface area contributed by atoms with Crippen LogP contribution in [0.3, 0.4) is 0 Å². The van der Waals surface area contributed by atoms with Crippen molar-refractivity contribution in [1.29, 1.82) is 0 Å². The van der Waals surface area contributed by atoms with Crippen LogP contribution in [-0.4, -0.2) is 26.5 Å². The largest absolute Gasteiger partial charge is 0.419 e. The molecule has 2 heterocycles. The standard InChI is InChI=1S/C16H19N3O2/c1-2-3-8-15-17-18-16(21-15)14-11-12-6-4-5-7-13(12)19(14)9-10-20/h4-7,11,20H,2-3,8-10H2,1H3. The number of fused-ring (bicyclic) bond motifs is 1. The van der Waals surface area contributed by atoms with Gasteiger partial charge < -0.3 is 14.1 Å². The van der Waals surface area contributed by atoms with Crippen molar-refractivity contribution in [2.45, 2.75) is 32.7 Å². The maximum Gasteiger partial charge on any atom is 0.264 e. The predicted molar refractivity (Wildman–Crippen MR) is 80.9 cm³/mol. The lowest BCUT2D eigenvalue weighted by Gasteiger charge is -2.05. The summed E-state index contributed by atoms with van der Waals surface area (Å²) in [6, 6.07) is 10.1. The molecule has 0 unspecified atom stereocenters. The number of aromatic nitrogens is 3. The topological polar surface area (TPSA) is 64.1 Å². The second kappa shape index (κ2) is 6.10. The molecule has 0 aliphatic heterocycles. The van der Waals surface area contributed by atoms with Gasteiger partial charge in [-0.25, -0.2) is 0 Å². The van der Waals surface area contributed by atoms with Crippen molar-refractivity contribution >= 4 is 10.9 Å². The van der Waals surface area contributed by atoms with Crippen molar-refractivity contribution in [3.05, 3.63) is 36.2 Å². The third-order valence-electron chi connectivity index (χ3n) is 3.56. The molecule has 0 aliphatic carbocycles. The van der Waals surface area contributed by atoms with Crippen molar-refractivity contribution in [3.63, 3.8) is 0 Å². The first kappa shape index (κ1) is 13.8. The first-order chi connectivity index (χ1) is 10.3. The van der Waals surface area contributed by atoms with Crippen molar-refractivity contribution in [3.8, 4) is 11.6 Å². The van der Waals surface area contributed by atoms with Gasteiger partial charge in [-0.3, -0.25) is 0 Å². The van der Waals surface area contributed by atoms with Crippen molar-refractivity contribution in [2.24, 2.45) is 0 Å².